The smallest absolute Gasteiger partial charge is 0.288 e. The van der Waals surface area contributed by atoms with Crippen LogP contribution in [0.4, 0.5) is 5.69 Å². The summed E-state index contributed by atoms with van der Waals surface area (Å²) in [6, 6.07) is 7.29. The zero-order valence-electron chi connectivity index (χ0n) is 10.5. The minimum absolute atomic E-state index is 0.102. The molecular weight excluding hydrogens is 303 g/mol. The van der Waals surface area contributed by atoms with E-state index >= 15 is 0 Å². The normalized spacial score (nSPS) is 10.6. The summed E-state index contributed by atoms with van der Waals surface area (Å²) in [7, 11) is 0. The van der Waals surface area contributed by atoms with E-state index in [2.05, 4.69) is 0 Å². The Labute approximate surface area is 124 Å². The van der Waals surface area contributed by atoms with Gasteiger partial charge in [0, 0.05) is 22.2 Å². The van der Waals surface area contributed by atoms with Gasteiger partial charge in [-0.05, 0) is 24.6 Å². The van der Waals surface area contributed by atoms with Gasteiger partial charge < -0.3 is 4.57 Å². The predicted molar refractivity (Wildman–Crippen MR) is 77.7 cm³/mol. The van der Waals surface area contributed by atoms with Gasteiger partial charge in [-0.25, -0.2) is 0 Å². The number of halogens is 2. The maximum atomic E-state index is 11.9. The first-order valence-corrected chi connectivity index (χ1v) is 6.44. The van der Waals surface area contributed by atoms with Crippen molar-refractivity contribution in [1.82, 2.24) is 4.57 Å². The molecule has 0 saturated heterocycles. The molecule has 0 radical (unpaired) electrons. The molecule has 0 bridgehead atoms. The van der Waals surface area contributed by atoms with E-state index in [0.717, 1.165) is 0 Å². The lowest BCUT2D eigenvalue weighted by Crippen LogP contribution is -2.23. The number of rotatable bonds is 3. The summed E-state index contributed by atoms with van der Waals surface area (Å²) in [5.41, 5.74) is 0.532. The summed E-state index contributed by atoms with van der Waals surface area (Å²) >= 11 is 11.9. The summed E-state index contributed by atoms with van der Waals surface area (Å²) < 4.78 is 1.31. The molecule has 0 aliphatic heterocycles. The van der Waals surface area contributed by atoms with Crippen molar-refractivity contribution in [3.8, 4) is 0 Å². The van der Waals surface area contributed by atoms with Crippen molar-refractivity contribution in [2.24, 2.45) is 0 Å². The van der Waals surface area contributed by atoms with Gasteiger partial charge >= 0.3 is 0 Å². The lowest BCUT2D eigenvalue weighted by molar-refractivity contribution is -0.386. The highest BCUT2D eigenvalue weighted by Crippen LogP contribution is 2.23. The highest BCUT2D eigenvalue weighted by atomic mass is 35.5. The molecule has 1 aromatic carbocycles. The van der Waals surface area contributed by atoms with Crippen LogP contribution in [0, 0.1) is 17.0 Å². The fourth-order valence-corrected chi connectivity index (χ4v) is 2.34. The van der Waals surface area contributed by atoms with Gasteiger partial charge in [-0.2, -0.15) is 0 Å². The maximum Gasteiger partial charge on any atom is 0.288 e. The van der Waals surface area contributed by atoms with Crippen molar-refractivity contribution >= 4 is 28.9 Å². The van der Waals surface area contributed by atoms with E-state index in [-0.39, 0.29) is 23.5 Å². The van der Waals surface area contributed by atoms with Crippen molar-refractivity contribution in [2.45, 2.75) is 13.5 Å². The Balaban J connectivity index is 2.51. The third-order valence-corrected chi connectivity index (χ3v) is 3.55. The van der Waals surface area contributed by atoms with Crippen LogP contribution in [0.2, 0.25) is 10.0 Å². The lowest BCUT2D eigenvalue weighted by Gasteiger charge is -2.11. The molecule has 0 saturated carbocycles. The van der Waals surface area contributed by atoms with E-state index in [0.29, 0.717) is 15.6 Å². The van der Waals surface area contributed by atoms with E-state index in [1.807, 2.05) is 0 Å². The Kier molecular flexibility index (Phi) is 4.11. The highest BCUT2D eigenvalue weighted by molar-refractivity contribution is 6.35. The Hall–Kier alpha value is -1.85. The first-order chi connectivity index (χ1) is 9.40. The molecular formula is C13H10Cl2N2O3. The van der Waals surface area contributed by atoms with Gasteiger partial charge in [-0.15, -0.1) is 0 Å². The molecule has 5 nitrogen and oxygen atoms in total. The fourth-order valence-electron chi connectivity index (χ4n) is 1.87. The molecule has 1 heterocycles. The first-order valence-electron chi connectivity index (χ1n) is 5.69. The number of pyridine rings is 1. The molecule has 0 spiro atoms. The van der Waals surface area contributed by atoms with Gasteiger partial charge in [0.05, 0.1) is 17.2 Å². The Morgan fingerprint density at radius 3 is 2.55 bits per heavy atom. The molecule has 0 atom stereocenters. The standard InChI is InChI=1S/C13H10Cl2N2O3/c1-8-12(17(19)20)4-5-13(18)16(8)7-9-2-3-10(14)6-11(9)15/h2-6H,7H2,1H3. The monoisotopic (exact) mass is 312 g/mol. The second-order valence-electron chi connectivity index (χ2n) is 4.22. The summed E-state index contributed by atoms with van der Waals surface area (Å²) in [5.74, 6) is 0. The lowest BCUT2D eigenvalue weighted by atomic mass is 10.2. The summed E-state index contributed by atoms with van der Waals surface area (Å²) in [6.45, 7) is 1.69. The van der Waals surface area contributed by atoms with Crippen LogP contribution in [0.25, 0.3) is 0 Å². The molecule has 0 aliphatic rings. The predicted octanol–water partition coefficient (Wildman–Crippen LogP) is 3.42. The second-order valence-corrected chi connectivity index (χ2v) is 5.06. The molecule has 1 aromatic heterocycles. The Bertz CT molecular complexity index is 741. The van der Waals surface area contributed by atoms with Crippen LogP contribution in [-0.4, -0.2) is 9.49 Å². The maximum absolute atomic E-state index is 11.9. The van der Waals surface area contributed by atoms with Gasteiger partial charge in [0.1, 0.15) is 0 Å². The Morgan fingerprint density at radius 2 is 1.95 bits per heavy atom. The number of nitrogens with zero attached hydrogens (tertiary/aromatic N) is 2. The zero-order valence-corrected chi connectivity index (χ0v) is 12.0. The first kappa shape index (κ1) is 14.6. The van der Waals surface area contributed by atoms with Crippen LogP contribution >= 0.6 is 23.2 Å². The van der Waals surface area contributed by atoms with E-state index < -0.39 is 4.92 Å². The minimum Gasteiger partial charge on any atom is -0.302 e. The van der Waals surface area contributed by atoms with Crippen LogP contribution in [0.3, 0.4) is 0 Å². The molecule has 0 N–H and O–H groups in total. The van der Waals surface area contributed by atoms with E-state index in [9.17, 15) is 14.9 Å². The van der Waals surface area contributed by atoms with E-state index in [1.165, 1.54) is 23.6 Å². The third kappa shape index (κ3) is 2.84. The average molecular weight is 313 g/mol. The van der Waals surface area contributed by atoms with Gasteiger partial charge in [-0.3, -0.25) is 14.9 Å². The topological polar surface area (TPSA) is 65.1 Å². The summed E-state index contributed by atoms with van der Waals surface area (Å²) in [4.78, 5) is 22.2. The fraction of sp³-hybridized carbons (Fsp3) is 0.154. The number of hydrogen-bond acceptors (Lipinski definition) is 3. The van der Waals surface area contributed by atoms with Crippen LogP contribution in [0.5, 0.6) is 0 Å². The molecule has 20 heavy (non-hydrogen) atoms. The van der Waals surface area contributed by atoms with Crippen LogP contribution in [0.15, 0.2) is 35.1 Å². The van der Waals surface area contributed by atoms with Crippen molar-refractivity contribution in [2.75, 3.05) is 0 Å². The van der Waals surface area contributed by atoms with Gasteiger partial charge in [-0.1, -0.05) is 29.3 Å². The molecule has 104 valence electrons. The van der Waals surface area contributed by atoms with E-state index in [1.54, 1.807) is 18.2 Å². The molecule has 0 aliphatic carbocycles. The molecule has 2 rings (SSSR count). The molecule has 0 unspecified atom stereocenters. The Morgan fingerprint density at radius 1 is 1.25 bits per heavy atom. The van der Waals surface area contributed by atoms with Crippen molar-refractivity contribution in [1.29, 1.82) is 0 Å². The highest BCUT2D eigenvalue weighted by Gasteiger charge is 2.15. The number of benzene rings is 1. The van der Waals surface area contributed by atoms with Crippen LogP contribution in [0.1, 0.15) is 11.3 Å². The molecule has 2 aromatic rings. The summed E-state index contributed by atoms with van der Waals surface area (Å²) in [5, 5.41) is 11.8. The van der Waals surface area contributed by atoms with Crippen molar-refractivity contribution in [3.05, 3.63) is 72.1 Å². The minimum atomic E-state index is -0.519. The number of aromatic nitrogens is 1. The number of nitro groups is 1. The molecule has 0 amide bonds. The van der Waals surface area contributed by atoms with Gasteiger partial charge in [0.2, 0.25) is 0 Å². The van der Waals surface area contributed by atoms with E-state index in [4.69, 9.17) is 23.2 Å². The van der Waals surface area contributed by atoms with Crippen molar-refractivity contribution < 1.29 is 4.92 Å². The van der Waals surface area contributed by atoms with Crippen molar-refractivity contribution in [3.63, 3.8) is 0 Å². The number of hydrogen-bond donors (Lipinski definition) is 0. The zero-order chi connectivity index (χ0) is 14.9. The molecule has 7 heteroatoms. The van der Waals surface area contributed by atoms with Crippen LogP contribution in [-0.2, 0) is 6.54 Å². The van der Waals surface area contributed by atoms with Gasteiger partial charge in [0.15, 0.2) is 0 Å². The van der Waals surface area contributed by atoms with Crippen LogP contribution < -0.4 is 5.56 Å². The average Bonchev–Trinajstić information content (AvgIpc) is 2.36. The quantitative estimate of drug-likeness (QED) is 0.644. The second kappa shape index (κ2) is 5.64. The summed E-state index contributed by atoms with van der Waals surface area (Å²) in [6.07, 6.45) is 0. The van der Waals surface area contributed by atoms with Gasteiger partial charge in [0.25, 0.3) is 11.2 Å². The third-order valence-electron chi connectivity index (χ3n) is 2.97. The SMILES string of the molecule is Cc1c([N+](=O)[O-])ccc(=O)n1Cc1ccc(Cl)cc1Cl. The molecule has 0 fully saturated rings. The largest absolute Gasteiger partial charge is 0.302 e.